The third-order valence-electron chi connectivity index (χ3n) is 2.81. The molecule has 0 atom stereocenters. The zero-order valence-corrected chi connectivity index (χ0v) is 11.4. The maximum Gasteiger partial charge on any atom is 0.0345 e. The van der Waals surface area contributed by atoms with Gasteiger partial charge in [0.25, 0.3) is 0 Å². The van der Waals surface area contributed by atoms with Gasteiger partial charge in [0.2, 0.25) is 0 Å². The lowest BCUT2D eigenvalue weighted by Gasteiger charge is -2.04. The molecule has 0 amide bonds. The minimum atomic E-state index is 0.644. The van der Waals surface area contributed by atoms with Gasteiger partial charge in [0, 0.05) is 9.58 Å². The van der Waals surface area contributed by atoms with Crippen molar-refractivity contribution in [2.45, 2.75) is 40.0 Å². The van der Waals surface area contributed by atoms with Crippen molar-refractivity contribution in [3.63, 3.8) is 0 Å². The fourth-order valence-corrected chi connectivity index (χ4v) is 3.04. The maximum atomic E-state index is 2.36. The molecular weight excluding hydrogens is 212 g/mol. The Hall–Kier alpha value is -0.820. The lowest BCUT2D eigenvalue weighted by Crippen LogP contribution is -1.92. The van der Waals surface area contributed by atoms with Crippen LogP contribution < -0.4 is 0 Å². The molecule has 0 N–H and O–H groups in total. The Bertz CT molecular complexity index is 477. The van der Waals surface area contributed by atoms with E-state index in [1.54, 1.807) is 0 Å². The second-order valence-electron chi connectivity index (χ2n) is 5.27. The molecule has 1 aromatic heterocycles. The van der Waals surface area contributed by atoms with E-state index >= 15 is 0 Å². The molecule has 0 nitrogen and oxygen atoms in total. The van der Waals surface area contributed by atoms with Crippen molar-refractivity contribution < 1.29 is 0 Å². The summed E-state index contributed by atoms with van der Waals surface area (Å²) in [5.41, 5.74) is 1.47. The molecule has 2 aromatic rings. The van der Waals surface area contributed by atoms with E-state index in [4.69, 9.17) is 0 Å². The highest BCUT2D eigenvalue weighted by Gasteiger charge is 2.06. The Morgan fingerprint density at radius 2 is 1.81 bits per heavy atom. The summed E-state index contributed by atoms with van der Waals surface area (Å²) in [6.45, 7) is 9.08. The Balaban J connectivity index is 2.38. The number of benzene rings is 1. The summed E-state index contributed by atoms with van der Waals surface area (Å²) in [6, 6.07) is 9.28. The largest absolute Gasteiger partial charge is 0.140 e. The van der Waals surface area contributed by atoms with Gasteiger partial charge in [-0.25, -0.2) is 0 Å². The smallest absolute Gasteiger partial charge is 0.0345 e. The third-order valence-corrected chi connectivity index (χ3v) is 4.23. The zero-order valence-electron chi connectivity index (χ0n) is 10.6. The molecule has 2 rings (SSSR count). The molecule has 0 aliphatic heterocycles. The minimum Gasteiger partial charge on any atom is -0.140 e. The van der Waals surface area contributed by atoms with Crippen LogP contribution >= 0.6 is 11.3 Å². The van der Waals surface area contributed by atoms with E-state index in [9.17, 15) is 0 Å². The molecule has 0 fully saturated rings. The van der Waals surface area contributed by atoms with E-state index in [2.05, 4.69) is 52.0 Å². The van der Waals surface area contributed by atoms with Crippen molar-refractivity contribution in [1.82, 2.24) is 0 Å². The second kappa shape index (κ2) is 4.58. The van der Waals surface area contributed by atoms with Crippen LogP contribution in [0.2, 0.25) is 0 Å². The minimum absolute atomic E-state index is 0.644. The molecule has 0 aliphatic carbocycles. The van der Waals surface area contributed by atoms with Crippen LogP contribution in [-0.2, 0) is 6.42 Å². The Labute approximate surface area is 102 Å². The molecule has 1 aromatic carbocycles. The van der Waals surface area contributed by atoms with Crippen molar-refractivity contribution in [3.8, 4) is 0 Å². The number of hydrogen-bond acceptors (Lipinski definition) is 1. The van der Waals surface area contributed by atoms with Gasteiger partial charge in [0.1, 0.15) is 0 Å². The Morgan fingerprint density at radius 3 is 2.44 bits per heavy atom. The van der Waals surface area contributed by atoms with Crippen LogP contribution in [0.5, 0.6) is 0 Å². The predicted octanol–water partition coefficient (Wildman–Crippen LogP) is 5.22. The first kappa shape index (κ1) is 11.7. The van der Waals surface area contributed by atoms with E-state index in [0.29, 0.717) is 5.92 Å². The average molecular weight is 232 g/mol. The molecular formula is C15H20S. The molecule has 0 saturated carbocycles. The van der Waals surface area contributed by atoms with E-state index < -0.39 is 0 Å². The van der Waals surface area contributed by atoms with Crippen LogP contribution in [-0.4, -0.2) is 0 Å². The zero-order chi connectivity index (χ0) is 11.7. The van der Waals surface area contributed by atoms with Crippen LogP contribution in [0.3, 0.4) is 0 Å². The lowest BCUT2D eigenvalue weighted by atomic mass is 10.0. The van der Waals surface area contributed by atoms with Gasteiger partial charge in [-0.05, 0) is 41.3 Å². The van der Waals surface area contributed by atoms with Crippen LogP contribution in [0.15, 0.2) is 24.3 Å². The molecule has 0 bridgehead atoms. The Morgan fingerprint density at radius 1 is 1.06 bits per heavy atom. The van der Waals surface area contributed by atoms with Gasteiger partial charge in [-0.1, -0.05) is 39.8 Å². The van der Waals surface area contributed by atoms with E-state index in [0.717, 1.165) is 5.92 Å². The van der Waals surface area contributed by atoms with E-state index in [1.165, 1.54) is 26.9 Å². The summed E-state index contributed by atoms with van der Waals surface area (Å²) in [5, 5.41) is 1.42. The van der Waals surface area contributed by atoms with Crippen LogP contribution in [0.25, 0.3) is 10.1 Å². The topological polar surface area (TPSA) is 0 Å². The number of thiophene rings is 1. The highest BCUT2D eigenvalue weighted by atomic mass is 32.1. The SMILES string of the molecule is CC(C)Cc1ccc2sc(C(C)C)cc2c1. The maximum absolute atomic E-state index is 2.36. The summed E-state index contributed by atoms with van der Waals surface area (Å²) in [6.07, 6.45) is 1.18. The van der Waals surface area contributed by atoms with Gasteiger partial charge in [-0.15, -0.1) is 11.3 Å². The van der Waals surface area contributed by atoms with Crippen molar-refractivity contribution in [2.75, 3.05) is 0 Å². The fraction of sp³-hybridized carbons (Fsp3) is 0.467. The van der Waals surface area contributed by atoms with Gasteiger partial charge in [-0.3, -0.25) is 0 Å². The normalized spacial score (nSPS) is 11.9. The number of fused-ring (bicyclic) bond motifs is 1. The molecule has 1 heteroatoms. The van der Waals surface area contributed by atoms with Gasteiger partial charge in [-0.2, -0.15) is 0 Å². The van der Waals surface area contributed by atoms with Crippen LogP contribution in [0.1, 0.15) is 44.1 Å². The number of rotatable bonds is 3. The molecule has 16 heavy (non-hydrogen) atoms. The molecule has 86 valence electrons. The highest BCUT2D eigenvalue weighted by molar-refractivity contribution is 7.19. The summed E-state index contributed by atoms with van der Waals surface area (Å²) in [5.74, 6) is 1.38. The molecule has 1 heterocycles. The second-order valence-corrected chi connectivity index (χ2v) is 6.39. The van der Waals surface area contributed by atoms with Crippen LogP contribution in [0, 0.1) is 5.92 Å². The molecule has 0 aliphatic rings. The average Bonchev–Trinajstić information content (AvgIpc) is 2.59. The van der Waals surface area contributed by atoms with Crippen molar-refractivity contribution in [3.05, 3.63) is 34.7 Å². The first-order valence-corrected chi connectivity index (χ1v) is 6.90. The standard InChI is InChI=1S/C15H20S/c1-10(2)7-12-5-6-14-13(8-12)9-15(16-14)11(3)4/h5-6,8-11H,7H2,1-4H3. The lowest BCUT2D eigenvalue weighted by molar-refractivity contribution is 0.648. The third kappa shape index (κ3) is 2.46. The Kier molecular flexibility index (Phi) is 3.34. The monoisotopic (exact) mass is 232 g/mol. The summed E-state index contributed by atoms with van der Waals surface area (Å²) in [7, 11) is 0. The van der Waals surface area contributed by atoms with Crippen molar-refractivity contribution >= 4 is 21.4 Å². The first-order chi connectivity index (χ1) is 7.56. The summed E-state index contributed by atoms with van der Waals surface area (Å²) >= 11 is 1.93. The highest BCUT2D eigenvalue weighted by Crippen LogP contribution is 2.31. The van der Waals surface area contributed by atoms with E-state index in [-0.39, 0.29) is 0 Å². The van der Waals surface area contributed by atoms with Gasteiger partial charge in [0.05, 0.1) is 0 Å². The molecule has 0 saturated heterocycles. The number of hydrogen-bond donors (Lipinski definition) is 0. The van der Waals surface area contributed by atoms with Crippen molar-refractivity contribution in [2.24, 2.45) is 5.92 Å². The summed E-state index contributed by atoms with van der Waals surface area (Å²) < 4.78 is 1.43. The predicted molar refractivity (Wildman–Crippen MR) is 74.5 cm³/mol. The van der Waals surface area contributed by atoms with Gasteiger partial charge < -0.3 is 0 Å². The first-order valence-electron chi connectivity index (χ1n) is 6.08. The van der Waals surface area contributed by atoms with Gasteiger partial charge >= 0.3 is 0 Å². The van der Waals surface area contributed by atoms with Crippen molar-refractivity contribution in [1.29, 1.82) is 0 Å². The molecule has 0 spiro atoms. The van der Waals surface area contributed by atoms with Gasteiger partial charge in [0.15, 0.2) is 0 Å². The van der Waals surface area contributed by atoms with Crippen LogP contribution in [0.4, 0.5) is 0 Å². The quantitative estimate of drug-likeness (QED) is 0.680. The molecule has 0 radical (unpaired) electrons. The summed E-state index contributed by atoms with van der Waals surface area (Å²) in [4.78, 5) is 1.50. The molecule has 0 unspecified atom stereocenters. The fourth-order valence-electron chi connectivity index (χ4n) is 2.00. The van der Waals surface area contributed by atoms with E-state index in [1.807, 2.05) is 11.3 Å².